The summed E-state index contributed by atoms with van der Waals surface area (Å²) in [5.74, 6) is -4.14. The Morgan fingerprint density at radius 3 is 2.38 bits per heavy atom. The monoisotopic (exact) mass is 472 g/mol. The molecular formula is C23H21FN2O8. The van der Waals surface area contributed by atoms with Crippen molar-refractivity contribution in [3.05, 3.63) is 75.6 Å². The summed E-state index contributed by atoms with van der Waals surface area (Å²) in [5.41, 5.74) is -2.17. The van der Waals surface area contributed by atoms with Gasteiger partial charge in [0, 0.05) is 18.6 Å². The number of ether oxygens (including phenoxy) is 1. The number of non-ortho nitro benzene ring substituents is 1. The van der Waals surface area contributed by atoms with Crippen LogP contribution in [0.15, 0.2) is 48.5 Å². The van der Waals surface area contributed by atoms with Crippen LogP contribution in [0.3, 0.4) is 0 Å². The van der Waals surface area contributed by atoms with Crippen molar-refractivity contribution >= 4 is 23.3 Å². The number of benzene rings is 2. The number of amides is 1. The quantitative estimate of drug-likeness (QED) is 0.202. The molecule has 2 fully saturated rings. The number of nitro groups is 1. The zero-order chi connectivity index (χ0) is 24.8. The number of halogens is 1. The van der Waals surface area contributed by atoms with E-state index >= 15 is 0 Å². The SMILES string of the molecule is C[C@@H](O)[C@H]1C(=O)N2[C@@H]1CC(=O)[C@]2(C(=O)OCc1ccc([N+](=O)[O-])cc1)[C@H](O)c1ccc(F)cc1. The number of carbonyl (C=O) groups excluding carboxylic acids is 3. The van der Waals surface area contributed by atoms with Crippen LogP contribution in [0, 0.1) is 21.8 Å². The predicted molar refractivity (Wildman–Crippen MR) is 112 cm³/mol. The molecule has 2 saturated heterocycles. The second-order valence-corrected chi connectivity index (χ2v) is 8.39. The van der Waals surface area contributed by atoms with Gasteiger partial charge in [0.15, 0.2) is 5.78 Å². The molecule has 2 aliphatic heterocycles. The van der Waals surface area contributed by atoms with Gasteiger partial charge in [-0.25, -0.2) is 9.18 Å². The number of β-lactam (4-membered cyclic amide) rings is 1. The Balaban J connectivity index is 1.67. The van der Waals surface area contributed by atoms with Gasteiger partial charge in [-0.3, -0.25) is 19.7 Å². The van der Waals surface area contributed by atoms with Gasteiger partial charge in [0.1, 0.15) is 18.5 Å². The first kappa shape index (κ1) is 23.5. The van der Waals surface area contributed by atoms with Crippen LogP contribution in [-0.2, 0) is 25.7 Å². The molecule has 10 nitrogen and oxygen atoms in total. The van der Waals surface area contributed by atoms with E-state index in [-0.39, 0.29) is 24.3 Å². The van der Waals surface area contributed by atoms with E-state index in [4.69, 9.17) is 4.74 Å². The number of esters is 1. The van der Waals surface area contributed by atoms with E-state index in [0.717, 1.165) is 17.0 Å². The standard InChI is InChI=1S/C23H21FN2O8/c1-12(27)19-17-10-18(28)23(25(17)21(19)30,20(29)14-4-6-15(24)7-5-14)22(31)34-11-13-2-8-16(9-3-13)26(32)33/h2-9,12,17,19-20,27,29H,10-11H2,1H3/t12-,17-,19-,20-,23-/m1/s1. The second kappa shape index (κ2) is 8.58. The summed E-state index contributed by atoms with van der Waals surface area (Å²) in [7, 11) is 0. The van der Waals surface area contributed by atoms with Gasteiger partial charge in [0.25, 0.3) is 5.69 Å². The van der Waals surface area contributed by atoms with Crippen LogP contribution in [0.1, 0.15) is 30.6 Å². The number of hydrogen-bond donors (Lipinski definition) is 2. The minimum absolute atomic E-state index is 0.0241. The smallest absolute Gasteiger partial charge is 0.343 e. The van der Waals surface area contributed by atoms with Crippen LogP contribution in [0.25, 0.3) is 0 Å². The lowest BCUT2D eigenvalue weighted by molar-refractivity contribution is -0.384. The highest BCUT2D eigenvalue weighted by Crippen LogP contribution is 2.50. The third-order valence-corrected chi connectivity index (χ3v) is 6.40. The van der Waals surface area contributed by atoms with E-state index in [1.807, 2.05) is 0 Å². The number of nitro benzene ring substituents is 1. The van der Waals surface area contributed by atoms with Crippen LogP contribution >= 0.6 is 0 Å². The number of Topliss-reactive ketones (excluding diaryl/α,β-unsaturated/α-hetero) is 1. The number of nitrogens with zero attached hydrogens (tertiary/aromatic N) is 2. The number of rotatable bonds is 7. The molecule has 0 bridgehead atoms. The predicted octanol–water partition coefficient (Wildman–Crippen LogP) is 1.43. The zero-order valence-corrected chi connectivity index (χ0v) is 18.0. The Morgan fingerprint density at radius 2 is 1.82 bits per heavy atom. The molecular weight excluding hydrogens is 451 g/mol. The van der Waals surface area contributed by atoms with Crippen molar-refractivity contribution in [1.29, 1.82) is 0 Å². The highest BCUT2D eigenvalue weighted by molar-refractivity contribution is 6.16. The molecule has 0 spiro atoms. The van der Waals surface area contributed by atoms with Crippen molar-refractivity contribution in [1.82, 2.24) is 4.90 Å². The molecule has 178 valence electrons. The van der Waals surface area contributed by atoms with Gasteiger partial charge in [-0.05, 0) is 42.3 Å². The average Bonchev–Trinajstić information content (AvgIpc) is 3.06. The maximum absolute atomic E-state index is 13.4. The van der Waals surface area contributed by atoms with Gasteiger partial charge in [-0.1, -0.05) is 12.1 Å². The minimum Gasteiger partial charge on any atom is -0.459 e. The van der Waals surface area contributed by atoms with E-state index in [0.29, 0.717) is 5.56 Å². The lowest BCUT2D eigenvalue weighted by atomic mass is 9.80. The first-order valence-electron chi connectivity index (χ1n) is 10.5. The number of aliphatic hydroxyl groups is 2. The maximum Gasteiger partial charge on any atom is 0.343 e. The molecule has 0 saturated carbocycles. The first-order chi connectivity index (χ1) is 16.1. The Morgan fingerprint density at radius 1 is 1.21 bits per heavy atom. The Bertz CT molecular complexity index is 1150. The summed E-state index contributed by atoms with van der Waals surface area (Å²) in [5, 5.41) is 32.0. The maximum atomic E-state index is 13.4. The van der Waals surface area contributed by atoms with Crippen LogP contribution < -0.4 is 0 Å². The molecule has 34 heavy (non-hydrogen) atoms. The third-order valence-electron chi connectivity index (χ3n) is 6.40. The summed E-state index contributed by atoms with van der Waals surface area (Å²) < 4.78 is 18.8. The summed E-state index contributed by atoms with van der Waals surface area (Å²) in [6.07, 6.45) is -3.20. The summed E-state index contributed by atoms with van der Waals surface area (Å²) in [6, 6.07) is 8.85. The lowest BCUT2D eigenvalue weighted by Gasteiger charge is -2.50. The van der Waals surface area contributed by atoms with Gasteiger partial charge in [0.2, 0.25) is 11.4 Å². The summed E-state index contributed by atoms with van der Waals surface area (Å²) in [4.78, 5) is 50.7. The van der Waals surface area contributed by atoms with Crippen molar-refractivity contribution in [3.63, 3.8) is 0 Å². The van der Waals surface area contributed by atoms with Crippen LogP contribution in [0.5, 0.6) is 0 Å². The van der Waals surface area contributed by atoms with Gasteiger partial charge in [0.05, 0.1) is 23.0 Å². The summed E-state index contributed by atoms with van der Waals surface area (Å²) in [6.45, 7) is 1.02. The molecule has 1 amide bonds. The first-order valence-corrected chi connectivity index (χ1v) is 10.5. The van der Waals surface area contributed by atoms with Crippen molar-refractivity contribution in [2.45, 2.75) is 43.7 Å². The van der Waals surface area contributed by atoms with E-state index in [2.05, 4.69) is 0 Å². The van der Waals surface area contributed by atoms with Gasteiger partial charge in [-0.2, -0.15) is 0 Å². The fourth-order valence-corrected chi connectivity index (χ4v) is 4.70. The second-order valence-electron chi connectivity index (χ2n) is 8.39. The topological polar surface area (TPSA) is 147 Å². The molecule has 2 aromatic carbocycles. The molecule has 0 aliphatic carbocycles. The largest absolute Gasteiger partial charge is 0.459 e. The fourth-order valence-electron chi connectivity index (χ4n) is 4.70. The van der Waals surface area contributed by atoms with Crippen molar-refractivity contribution in [2.75, 3.05) is 0 Å². The van der Waals surface area contributed by atoms with Crippen LogP contribution in [0.4, 0.5) is 10.1 Å². The highest BCUT2D eigenvalue weighted by Gasteiger charge is 2.72. The Kier molecular flexibility index (Phi) is 5.92. The fraction of sp³-hybridized carbons (Fsp3) is 0.348. The molecule has 2 N–H and O–H groups in total. The molecule has 4 rings (SSSR count). The highest BCUT2D eigenvalue weighted by atomic mass is 19.1. The normalized spacial score (nSPS) is 25.4. The van der Waals surface area contributed by atoms with Crippen molar-refractivity contribution in [3.8, 4) is 0 Å². The van der Waals surface area contributed by atoms with E-state index in [9.17, 15) is 39.1 Å². The van der Waals surface area contributed by atoms with E-state index in [1.165, 1.54) is 43.3 Å². The zero-order valence-electron chi connectivity index (χ0n) is 18.0. The molecule has 2 heterocycles. The van der Waals surface area contributed by atoms with Gasteiger partial charge in [-0.15, -0.1) is 0 Å². The molecule has 5 atom stereocenters. The number of aliphatic hydroxyl groups excluding tert-OH is 2. The van der Waals surface area contributed by atoms with Crippen molar-refractivity contribution in [2.24, 2.45) is 5.92 Å². The Labute approximate surface area is 192 Å². The summed E-state index contributed by atoms with van der Waals surface area (Å²) >= 11 is 0. The minimum atomic E-state index is -2.41. The number of ketones is 1. The number of hydrogen-bond acceptors (Lipinski definition) is 8. The average molecular weight is 472 g/mol. The van der Waals surface area contributed by atoms with Gasteiger partial charge >= 0.3 is 5.97 Å². The van der Waals surface area contributed by atoms with Crippen LogP contribution in [0.2, 0.25) is 0 Å². The Hall–Kier alpha value is -3.70. The molecule has 2 aromatic rings. The van der Waals surface area contributed by atoms with E-state index < -0.39 is 58.1 Å². The molecule has 0 aromatic heterocycles. The van der Waals surface area contributed by atoms with Gasteiger partial charge < -0.3 is 19.8 Å². The van der Waals surface area contributed by atoms with E-state index in [1.54, 1.807) is 0 Å². The van der Waals surface area contributed by atoms with Crippen molar-refractivity contribution < 1.29 is 38.6 Å². The molecule has 0 radical (unpaired) electrons. The molecule has 2 aliphatic rings. The number of carbonyl (C=O) groups is 3. The third kappa shape index (κ3) is 3.53. The molecule has 11 heteroatoms. The molecule has 0 unspecified atom stereocenters. The number of fused-ring (bicyclic) bond motifs is 1. The lowest BCUT2D eigenvalue weighted by Crippen LogP contribution is -2.72. The van der Waals surface area contributed by atoms with Crippen LogP contribution in [-0.4, -0.2) is 55.4 Å².